The zero-order valence-corrected chi connectivity index (χ0v) is 10.2. The first-order valence-electron chi connectivity index (χ1n) is 4.82. The molecule has 0 aliphatic heterocycles. The number of ether oxygens (including phenoxy) is 2. The van der Waals surface area contributed by atoms with Crippen LogP contribution in [0.3, 0.4) is 0 Å². The van der Waals surface area contributed by atoms with Gasteiger partial charge in [0.1, 0.15) is 17.3 Å². The van der Waals surface area contributed by atoms with E-state index >= 15 is 0 Å². The van der Waals surface area contributed by atoms with Crippen molar-refractivity contribution in [1.82, 2.24) is 0 Å². The molecule has 0 heterocycles. The van der Waals surface area contributed by atoms with Crippen molar-refractivity contribution in [3.05, 3.63) is 0 Å². The van der Waals surface area contributed by atoms with Crippen molar-refractivity contribution in [3.63, 3.8) is 0 Å². The number of carbonyl (C=O) groups excluding carboxylic acids is 2. The molecule has 1 atom stereocenters. The van der Waals surface area contributed by atoms with Gasteiger partial charge in [-0.25, -0.2) is 14.0 Å². The van der Waals surface area contributed by atoms with Gasteiger partial charge in [0.25, 0.3) is 0 Å². The van der Waals surface area contributed by atoms with Gasteiger partial charge in [-0.15, -0.1) is 0 Å². The minimum atomic E-state index is -1.96. The third-order valence-corrected chi connectivity index (χ3v) is 1.57. The molecule has 0 aromatic rings. The zero-order valence-electron chi connectivity index (χ0n) is 10.2. The number of nitrogens with two attached hydrogens (primary N) is 1. The molecule has 0 saturated carbocycles. The van der Waals surface area contributed by atoms with Crippen molar-refractivity contribution in [2.24, 2.45) is 5.73 Å². The minimum Gasteiger partial charge on any atom is -0.428 e. The Morgan fingerprint density at radius 2 is 1.62 bits per heavy atom. The second-order valence-corrected chi connectivity index (χ2v) is 4.93. The van der Waals surface area contributed by atoms with Gasteiger partial charge in [0, 0.05) is 0 Å². The maximum atomic E-state index is 13.2. The van der Waals surface area contributed by atoms with Crippen LogP contribution in [-0.2, 0) is 14.3 Å². The normalized spacial score (nSPS) is 14.2. The fourth-order valence-corrected chi connectivity index (χ4v) is 0.697. The van der Waals surface area contributed by atoms with Gasteiger partial charge < -0.3 is 15.2 Å². The molecule has 0 amide bonds. The molecule has 0 aromatic carbocycles. The predicted molar refractivity (Wildman–Crippen MR) is 55.5 cm³/mol. The Morgan fingerprint density at radius 3 is 1.94 bits per heavy atom. The second kappa shape index (κ2) is 4.78. The van der Waals surface area contributed by atoms with Gasteiger partial charge in [-0.2, -0.15) is 0 Å². The Morgan fingerprint density at radius 1 is 1.19 bits per heavy atom. The highest BCUT2D eigenvalue weighted by atomic mass is 19.1. The maximum Gasteiger partial charge on any atom is 0.516 e. The number of hydrogen-bond acceptors (Lipinski definition) is 5. The van der Waals surface area contributed by atoms with Crippen LogP contribution in [0.4, 0.5) is 9.18 Å². The van der Waals surface area contributed by atoms with E-state index in [2.05, 4.69) is 4.74 Å². The number of carbonyl (C=O) groups is 2. The van der Waals surface area contributed by atoms with Crippen LogP contribution in [0.15, 0.2) is 0 Å². The van der Waals surface area contributed by atoms with Crippen molar-refractivity contribution < 1.29 is 23.5 Å². The molecule has 0 rings (SSSR count). The number of alkyl halides is 1. The van der Waals surface area contributed by atoms with E-state index in [1.165, 1.54) is 0 Å². The summed E-state index contributed by atoms with van der Waals surface area (Å²) in [5.41, 5.74) is 2.50. The molecule has 0 saturated heterocycles. The van der Waals surface area contributed by atoms with Crippen LogP contribution in [0.5, 0.6) is 0 Å². The summed E-state index contributed by atoms with van der Waals surface area (Å²) in [4.78, 5) is 22.3. The Balaban J connectivity index is 4.32. The average molecular weight is 235 g/mol. The van der Waals surface area contributed by atoms with Crippen molar-refractivity contribution in [1.29, 1.82) is 0 Å². The standard InChI is InChI=1S/C10H18FNO4/c1-9(2,3)16-8(14)15-7(13)6(12)10(4,5)11/h6H,12H2,1-5H3. The molecule has 0 bridgehead atoms. The van der Waals surface area contributed by atoms with E-state index in [0.717, 1.165) is 13.8 Å². The fraction of sp³-hybridized carbons (Fsp3) is 0.800. The van der Waals surface area contributed by atoms with E-state index in [1.54, 1.807) is 20.8 Å². The summed E-state index contributed by atoms with van der Waals surface area (Å²) >= 11 is 0. The summed E-state index contributed by atoms with van der Waals surface area (Å²) in [5.74, 6) is -1.15. The van der Waals surface area contributed by atoms with Crippen LogP contribution in [0.1, 0.15) is 34.6 Å². The van der Waals surface area contributed by atoms with Crippen LogP contribution in [0.25, 0.3) is 0 Å². The third kappa shape index (κ3) is 5.65. The molecule has 6 heteroatoms. The summed E-state index contributed by atoms with van der Waals surface area (Å²) in [5, 5.41) is 0. The van der Waals surface area contributed by atoms with Gasteiger partial charge in [-0.3, -0.25) is 0 Å². The summed E-state index contributed by atoms with van der Waals surface area (Å²) < 4.78 is 22.2. The monoisotopic (exact) mass is 235 g/mol. The van der Waals surface area contributed by atoms with Crippen molar-refractivity contribution >= 4 is 12.1 Å². The Hall–Kier alpha value is -1.17. The summed E-state index contributed by atoms with van der Waals surface area (Å²) in [6.45, 7) is 7.06. The van der Waals surface area contributed by atoms with Crippen molar-refractivity contribution in [2.75, 3.05) is 0 Å². The van der Waals surface area contributed by atoms with Gasteiger partial charge in [-0.1, -0.05) is 0 Å². The van der Waals surface area contributed by atoms with E-state index in [-0.39, 0.29) is 0 Å². The highest BCUT2D eigenvalue weighted by molar-refractivity contribution is 5.86. The summed E-state index contributed by atoms with van der Waals surface area (Å²) in [6.07, 6.45) is -1.18. The smallest absolute Gasteiger partial charge is 0.428 e. The number of rotatable bonds is 2. The van der Waals surface area contributed by atoms with Crippen LogP contribution >= 0.6 is 0 Å². The molecule has 5 nitrogen and oxygen atoms in total. The maximum absolute atomic E-state index is 13.2. The van der Waals surface area contributed by atoms with E-state index in [0.29, 0.717) is 0 Å². The molecule has 0 fully saturated rings. The van der Waals surface area contributed by atoms with Crippen LogP contribution in [0.2, 0.25) is 0 Å². The molecule has 94 valence electrons. The Bertz CT molecular complexity index is 278. The van der Waals surface area contributed by atoms with Gasteiger partial charge in [0.2, 0.25) is 0 Å². The second-order valence-electron chi connectivity index (χ2n) is 4.93. The predicted octanol–water partition coefficient (Wildman–Crippen LogP) is 1.54. The Labute approximate surface area is 94.1 Å². The molecule has 0 aliphatic rings. The largest absolute Gasteiger partial charge is 0.516 e. The zero-order chi connectivity index (χ0) is 13.1. The van der Waals surface area contributed by atoms with Gasteiger partial charge in [0.15, 0.2) is 0 Å². The fourth-order valence-electron chi connectivity index (χ4n) is 0.697. The Kier molecular flexibility index (Phi) is 4.43. The lowest BCUT2D eigenvalue weighted by Gasteiger charge is -2.22. The van der Waals surface area contributed by atoms with Gasteiger partial charge in [-0.05, 0) is 34.6 Å². The van der Waals surface area contributed by atoms with Crippen LogP contribution in [0, 0.1) is 0 Å². The molecule has 0 aromatic heterocycles. The molecule has 0 radical (unpaired) electrons. The van der Waals surface area contributed by atoms with E-state index < -0.39 is 29.4 Å². The van der Waals surface area contributed by atoms with Crippen LogP contribution < -0.4 is 5.73 Å². The summed E-state index contributed by atoms with van der Waals surface area (Å²) in [6, 6.07) is -1.53. The van der Waals surface area contributed by atoms with Gasteiger partial charge in [0.05, 0.1) is 0 Å². The first kappa shape index (κ1) is 14.8. The number of halogens is 1. The molecule has 2 N–H and O–H groups in total. The highest BCUT2D eigenvalue weighted by Crippen LogP contribution is 2.15. The highest BCUT2D eigenvalue weighted by Gasteiger charge is 2.35. The topological polar surface area (TPSA) is 78.6 Å². The first-order valence-corrected chi connectivity index (χ1v) is 4.82. The molecule has 0 aliphatic carbocycles. The molecule has 1 unspecified atom stereocenters. The number of esters is 1. The van der Waals surface area contributed by atoms with E-state index in [1.807, 2.05) is 0 Å². The average Bonchev–Trinajstić information content (AvgIpc) is 1.96. The van der Waals surface area contributed by atoms with Crippen LogP contribution in [-0.4, -0.2) is 29.4 Å². The summed E-state index contributed by atoms with van der Waals surface area (Å²) in [7, 11) is 0. The lowest BCUT2D eigenvalue weighted by molar-refractivity contribution is -0.146. The third-order valence-electron chi connectivity index (χ3n) is 1.57. The lowest BCUT2D eigenvalue weighted by atomic mass is 10.0. The van der Waals surface area contributed by atoms with Crippen molar-refractivity contribution in [2.45, 2.75) is 51.9 Å². The molecular formula is C10H18FNO4. The van der Waals surface area contributed by atoms with Crippen molar-refractivity contribution in [3.8, 4) is 0 Å². The lowest BCUT2D eigenvalue weighted by Crippen LogP contribution is -2.47. The minimum absolute atomic E-state index is 0.785. The van der Waals surface area contributed by atoms with E-state index in [4.69, 9.17) is 10.5 Å². The quantitative estimate of drug-likeness (QED) is 0.580. The molecule has 0 spiro atoms. The SMILES string of the molecule is CC(C)(C)OC(=O)OC(=O)C(N)C(C)(C)F. The van der Waals surface area contributed by atoms with Gasteiger partial charge >= 0.3 is 12.1 Å². The molecular weight excluding hydrogens is 217 g/mol. The first-order chi connectivity index (χ1) is 6.93. The molecule has 16 heavy (non-hydrogen) atoms. The van der Waals surface area contributed by atoms with E-state index in [9.17, 15) is 14.0 Å². The number of hydrogen-bond donors (Lipinski definition) is 1.